The number of fused-ring (bicyclic) bond motifs is 1. The quantitative estimate of drug-likeness (QED) is 0.772. The van der Waals surface area contributed by atoms with Crippen LogP contribution in [0.4, 0.5) is 5.69 Å². The number of carbonyl (C=O) groups is 1. The van der Waals surface area contributed by atoms with Crippen LogP contribution in [0.5, 0.6) is 0 Å². The van der Waals surface area contributed by atoms with Gasteiger partial charge in [0.25, 0.3) is 5.91 Å². The van der Waals surface area contributed by atoms with E-state index in [9.17, 15) is 9.90 Å². The molecule has 19 heavy (non-hydrogen) atoms. The minimum Gasteiger partial charge on any atom is -0.396 e. The third-order valence-electron chi connectivity index (χ3n) is 4.29. The van der Waals surface area contributed by atoms with Crippen molar-refractivity contribution in [3.63, 3.8) is 0 Å². The van der Waals surface area contributed by atoms with Gasteiger partial charge in [-0.05, 0) is 37.0 Å². The molecule has 0 saturated heterocycles. The molecular weight excluding hydrogens is 240 g/mol. The van der Waals surface area contributed by atoms with Gasteiger partial charge in [0.15, 0.2) is 0 Å². The van der Waals surface area contributed by atoms with Crippen molar-refractivity contribution in [2.75, 3.05) is 18.5 Å². The summed E-state index contributed by atoms with van der Waals surface area (Å²) in [4.78, 5) is 12.2. The lowest BCUT2D eigenvalue weighted by molar-refractivity contribution is 0.0916. The molecule has 0 radical (unpaired) electrons. The molecule has 102 valence electrons. The van der Waals surface area contributed by atoms with Gasteiger partial charge in [-0.3, -0.25) is 4.79 Å². The maximum atomic E-state index is 12.2. The average Bonchev–Trinajstić information content (AvgIpc) is 3.05. The SMILES string of the molecule is O=C(NC1CCCC1CO)c1ccc2c(c1)NCC2. The van der Waals surface area contributed by atoms with Gasteiger partial charge in [0.2, 0.25) is 0 Å². The highest BCUT2D eigenvalue weighted by molar-refractivity contribution is 5.95. The summed E-state index contributed by atoms with van der Waals surface area (Å²) in [7, 11) is 0. The van der Waals surface area contributed by atoms with Gasteiger partial charge in [0, 0.05) is 36.4 Å². The molecule has 0 spiro atoms. The fourth-order valence-corrected chi connectivity index (χ4v) is 3.13. The third kappa shape index (κ3) is 2.45. The number of amides is 1. The largest absolute Gasteiger partial charge is 0.396 e. The van der Waals surface area contributed by atoms with Crippen LogP contribution >= 0.6 is 0 Å². The summed E-state index contributed by atoms with van der Waals surface area (Å²) in [6, 6.07) is 5.98. The Hall–Kier alpha value is -1.55. The van der Waals surface area contributed by atoms with Crippen molar-refractivity contribution < 1.29 is 9.90 Å². The normalized spacial score (nSPS) is 24.9. The summed E-state index contributed by atoms with van der Waals surface area (Å²) in [5, 5.41) is 15.6. The molecule has 3 N–H and O–H groups in total. The standard InChI is InChI=1S/C15H20N2O2/c18-9-12-2-1-3-13(12)17-15(19)11-5-4-10-6-7-16-14(10)8-11/h4-5,8,12-13,16,18H,1-3,6-7,9H2,(H,17,19). The minimum atomic E-state index is -0.0261. The number of aliphatic hydroxyl groups is 1. The van der Waals surface area contributed by atoms with Crippen molar-refractivity contribution in [2.45, 2.75) is 31.7 Å². The fourth-order valence-electron chi connectivity index (χ4n) is 3.13. The van der Waals surface area contributed by atoms with Crippen LogP contribution < -0.4 is 10.6 Å². The molecule has 1 amide bonds. The molecule has 3 rings (SSSR count). The summed E-state index contributed by atoms with van der Waals surface area (Å²) in [6.45, 7) is 1.12. The zero-order valence-electron chi connectivity index (χ0n) is 11.0. The van der Waals surface area contributed by atoms with Crippen LogP contribution in [-0.4, -0.2) is 30.2 Å². The first-order valence-corrected chi connectivity index (χ1v) is 7.06. The Kier molecular flexibility index (Phi) is 3.42. The second-order valence-corrected chi connectivity index (χ2v) is 5.50. The van der Waals surface area contributed by atoms with Crippen molar-refractivity contribution >= 4 is 11.6 Å². The van der Waals surface area contributed by atoms with Gasteiger partial charge >= 0.3 is 0 Å². The monoisotopic (exact) mass is 260 g/mol. The Labute approximate surface area is 113 Å². The van der Waals surface area contributed by atoms with Crippen molar-refractivity contribution in [1.82, 2.24) is 5.32 Å². The topological polar surface area (TPSA) is 61.4 Å². The Morgan fingerprint density at radius 2 is 2.32 bits per heavy atom. The van der Waals surface area contributed by atoms with Crippen molar-refractivity contribution in [3.05, 3.63) is 29.3 Å². The van der Waals surface area contributed by atoms with Crippen LogP contribution in [0.1, 0.15) is 35.2 Å². The van der Waals surface area contributed by atoms with Crippen LogP contribution in [0, 0.1) is 5.92 Å². The molecule has 1 saturated carbocycles. The molecule has 2 atom stereocenters. The number of carbonyl (C=O) groups excluding carboxylic acids is 1. The summed E-state index contributed by atoms with van der Waals surface area (Å²) >= 11 is 0. The zero-order valence-corrected chi connectivity index (χ0v) is 11.0. The molecule has 2 aliphatic rings. The lowest BCUT2D eigenvalue weighted by Gasteiger charge is -2.19. The first kappa shape index (κ1) is 12.5. The highest BCUT2D eigenvalue weighted by Gasteiger charge is 2.28. The molecule has 1 aliphatic carbocycles. The summed E-state index contributed by atoms with van der Waals surface area (Å²) in [5.74, 6) is 0.193. The number of anilines is 1. The van der Waals surface area contributed by atoms with E-state index in [-0.39, 0.29) is 24.5 Å². The molecule has 1 aliphatic heterocycles. The lowest BCUT2D eigenvalue weighted by atomic mass is 10.0. The summed E-state index contributed by atoms with van der Waals surface area (Å²) in [5.41, 5.74) is 3.07. The van der Waals surface area contributed by atoms with Gasteiger partial charge in [-0.2, -0.15) is 0 Å². The van der Waals surface area contributed by atoms with Crippen molar-refractivity contribution in [1.29, 1.82) is 0 Å². The molecule has 1 heterocycles. The van der Waals surface area contributed by atoms with Gasteiger partial charge in [0.1, 0.15) is 0 Å². The maximum Gasteiger partial charge on any atom is 0.251 e. The smallest absolute Gasteiger partial charge is 0.251 e. The molecule has 0 aromatic heterocycles. The minimum absolute atomic E-state index is 0.0261. The predicted molar refractivity (Wildman–Crippen MR) is 74.3 cm³/mol. The molecule has 4 nitrogen and oxygen atoms in total. The Morgan fingerprint density at radius 1 is 1.42 bits per heavy atom. The Bertz CT molecular complexity index is 487. The van der Waals surface area contributed by atoms with Crippen LogP contribution in [0.2, 0.25) is 0 Å². The molecule has 1 aromatic rings. The van der Waals surface area contributed by atoms with E-state index < -0.39 is 0 Å². The third-order valence-corrected chi connectivity index (χ3v) is 4.29. The van der Waals surface area contributed by atoms with E-state index in [0.29, 0.717) is 5.56 Å². The van der Waals surface area contributed by atoms with Gasteiger partial charge in [-0.25, -0.2) is 0 Å². The van der Waals surface area contributed by atoms with Gasteiger partial charge < -0.3 is 15.7 Å². The van der Waals surface area contributed by atoms with E-state index in [1.54, 1.807) is 0 Å². The Morgan fingerprint density at radius 3 is 3.16 bits per heavy atom. The molecule has 4 heteroatoms. The highest BCUT2D eigenvalue weighted by atomic mass is 16.3. The van der Waals surface area contributed by atoms with Crippen molar-refractivity contribution in [2.24, 2.45) is 5.92 Å². The number of nitrogens with one attached hydrogen (secondary N) is 2. The van der Waals surface area contributed by atoms with E-state index in [4.69, 9.17) is 0 Å². The van der Waals surface area contributed by atoms with E-state index in [2.05, 4.69) is 10.6 Å². The molecule has 1 aromatic carbocycles. The number of rotatable bonds is 3. The van der Waals surface area contributed by atoms with Gasteiger partial charge in [-0.1, -0.05) is 12.5 Å². The number of benzene rings is 1. The second-order valence-electron chi connectivity index (χ2n) is 5.50. The predicted octanol–water partition coefficient (Wildman–Crippen LogP) is 1.55. The van der Waals surface area contributed by atoms with E-state index >= 15 is 0 Å². The van der Waals surface area contributed by atoms with Crippen molar-refractivity contribution in [3.8, 4) is 0 Å². The average molecular weight is 260 g/mol. The summed E-state index contributed by atoms with van der Waals surface area (Å²) < 4.78 is 0. The number of hydrogen-bond donors (Lipinski definition) is 3. The van der Waals surface area contributed by atoms with Gasteiger partial charge in [0.05, 0.1) is 0 Å². The number of aliphatic hydroxyl groups excluding tert-OH is 1. The maximum absolute atomic E-state index is 12.2. The van der Waals surface area contributed by atoms with Gasteiger partial charge in [-0.15, -0.1) is 0 Å². The molecular formula is C15H20N2O2. The molecule has 1 fully saturated rings. The first-order valence-electron chi connectivity index (χ1n) is 7.06. The first-order chi connectivity index (χ1) is 9.28. The highest BCUT2D eigenvalue weighted by Crippen LogP contribution is 2.26. The van der Waals surface area contributed by atoms with E-state index in [0.717, 1.165) is 37.9 Å². The lowest BCUT2D eigenvalue weighted by Crippen LogP contribution is -2.38. The van der Waals surface area contributed by atoms with Crippen LogP contribution in [0.25, 0.3) is 0 Å². The summed E-state index contributed by atoms with van der Waals surface area (Å²) in [6.07, 6.45) is 4.10. The number of hydrogen-bond acceptors (Lipinski definition) is 3. The molecule has 2 unspecified atom stereocenters. The van der Waals surface area contributed by atoms with E-state index in [1.807, 2.05) is 18.2 Å². The van der Waals surface area contributed by atoms with Crippen LogP contribution in [0.15, 0.2) is 18.2 Å². The second kappa shape index (κ2) is 5.21. The fraction of sp³-hybridized carbons (Fsp3) is 0.533. The van der Waals surface area contributed by atoms with Crippen LogP contribution in [-0.2, 0) is 6.42 Å². The van der Waals surface area contributed by atoms with Crippen LogP contribution in [0.3, 0.4) is 0 Å². The van der Waals surface area contributed by atoms with E-state index in [1.165, 1.54) is 5.56 Å². The molecule has 0 bridgehead atoms. The Balaban J connectivity index is 1.70. The zero-order chi connectivity index (χ0) is 13.2.